The highest BCUT2D eigenvalue weighted by molar-refractivity contribution is 7.09. The minimum atomic E-state index is -5.08. The van der Waals surface area contributed by atoms with Crippen molar-refractivity contribution in [3.63, 3.8) is 0 Å². The molecule has 29 heavy (non-hydrogen) atoms. The second kappa shape index (κ2) is 10.9. The van der Waals surface area contributed by atoms with Gasteiger partial charge in [-0.1, -0.05) is 0 Å². The second-order valence-electron chi connectivity index (χ2n) is 6.58. The fourth-order valence-corrected chi connectivity index (χ4v) is 3.94. The van der Waals surface area contributed by atoms with E-state index in [0.29, 0.717) is 19.2 Å². The molecule has 0 radical (unpaired) electrons. The van der Waals surface area contributed by atoms with Crippen molar-refractivity contribution in [1.82, 2.24) is 15.2 Å². The van der Waals surface area contributed by atoms with Gasteiger partial charge >= 0.3 is 12.1 Å². The number of rotatable bonds is 6. The summed E-state index contributed by atoms with van der Waals surface area (Å²) in [6.45, 7) is 2.99. The summed E-state index contributed by atoms with van der Waals surface area (Å²) in [6, 6.07) is 0.423. The van der Waals surface area contributed by atoms with Gasteiger partial charge in [0.05, 0.1) is 19.3 Å². The molecule has 3 atom stereocenters. The number of likely N-dealkylation sites (tertiary alicyclic amines) is 1. The molecule has 2 fully saturated rings. The van der Waals surface area contributed by atoms with Crippen molar-refractivity contribution in [1.29, 1.82) is 0 Å². The van der Waals surface area contributed by atoms with Crippen LogP contribution in [0.25, 0.3) is 0 Å². The van der Waals surface area contributed by atoms with Crippen LogP contribution in [-0.4, -0.2) is 78.1 Å². The van der Waals surface area contributed by atoms with Crippen LogP contribution in [0.4, 0.5) is 13.2 Å². The van der Waals surface area contributed by atoms with Crippen molar-refractivity contribution in [2.45, 2.75) is 50.2 Å². The van der Waals surface area contributed by atoms with Crippen LogP contribution in [-0.2, 0) is 25.6 Å². The monoisotopic (exact) mass is 439 g/mol. The number of alkyl halides is 3. The molecule has 0 unspecified atom stereocenters. The van der Waals surface area contributed by atoms with Crippen LogP contribution in [0.15, 0.2) is 11.6 Å². The van der Waals surface area contributed by atoms with Crippen LogP contribution in [0.1, 0.15) is 24.3 Å². The number of amides is 1. The first kappa shape index (κ1) is 23.5. The number of fused-ring (bicyclic) bond motifs is 1. The van der Waals surface area contributed by atoms with E-state index in [4.69, 9.17) is 19.4 Å². The maximum atomic E-state index is 12.1. The number of nitrogens with one attached hydrogen (secondary N) is 1. The third-order valence-corrected chi connectivity index (χ3v) is 5.39. The zero-order valence-electron chi connectivity index (χ0n) is 15.9. The Labute approximate surface area is 170 Å². The van der Waals surface area contributed by atoms with Crippen LogP contribution in [0, 0.1) is 0 Å². The molecule has 3 rings (SSSR count). The molecule has 0 bridgehead atoms. The van der Waals surface area contributed by atoms with Crippen LogP contribution in [0.5, 0.6) is 0 Å². The van der Waals surface area contributed by atoms with Crippen molar-refractivity contribution in [3.8, 4) is 0 Å². The minimum Gasteiger partial charge on any atom is -0.475 e. The topological polar surface area (TPSA) is 101 Å². The Balaban J connectivity index is 0.000000370. The van der Waals surface area contributed by atoms with Gasteiger partial charge in [-0.25, -0.2) is 9.78 Å². The summed E-state index contributed by atoms with van der Waals surface area (Å²) in [7, 11) is 1.63. The number of carboxylic acids is 1. The number of carbonyl (C=O) groups excluding carboxylic acids is 1. The quantitative estimate of drug-likeness (QED) is 0.650. The molecule has 8 nitrogen and oxygen atoms in total. The van der Waals surface area contributed by atoms with Gasteiger partial charge in [-0.2, -0.15) is 13.2 Å². The van der Waals surface area contributed by atoms with E-state index >= 15 is 0 Å². The molecule has 1 amide bonds. The lowest BCUT2D eigenvalue weighted by molar-refractivity contribution is -0.192. The van der Waals surface area contributed by atoms with Crippen molar-refractivity contribution in [2.75, 3.05) is 26.8 Å². The van der Waals surface area contributed by atoms with Gasteiger partial charge in [0.15, 0.2) is 0 Å². The van der Waals surface area contributed by atoms with Gasteiger partial charge < -0.3 is 19.9 Å². The number of aromatic nitrogens is 1. The van der Waals surface area contributed by atoms with Crippen LogP contribution in [0.2, 0.25) is 0 Å². The number of hydrogen-bond acceptors (Lipinski definition) is 7. The number of thiazole rings is 1. The highest BCUT2D eigenvalue weighted by Gasteiger charge is 2.41. The summed E-state index contributed by atoms with van der Waals surface area (Å²) >= 11 is 1.70. The lowest BCUT2D eigenvalue weighted by atomic mass is 9.98. The van der Waals surface area contributed by atoms with Gasteiger partial charge in [-0.3, -0.25) is 9.69 Å². The van der Waals surface area contributed by atoms with E-state index in [1.165, 1.54) is 0 Å². The van der Waals surface area contributed by atoms with Crippen LogP contribution < -0.4 is 5.32 Å². The fraction of sp³-hybridized carbons (Fsp3) is 0.706. The summed E-state index contributed by atoms with van der Waals surface area (Å²) < 4.78 is 42.7. The maximum absolute atomic E-state index is 12.1. The van der Waals surface area contributed by atoms with Crippen molar-refractivity contribution in [2.24, 2.45) is 0 Å². The highest BCUT2D eigenvalue weighted by Crippen LogP contribution is 2.32. The Morgan fingerprint density at radius 2 is 2.14 bits per heavy atom. The molecule has 0 saturated carbocycles. The molecule has 2 aliphatic heterocycles. The van der Waals surface area contributed by atoms with E-state index in [0.717, 1.165) is 37.4 Å². The number of hydrogen-bond donors (Lipinski definition) is 2. The molecule has 2 aliphatic rings. The Hall–Kier alpha value is -1.76. The van der Waals surface area contributed by atoms with Crippen LogP contribution >= 0.6 is 11.3 Å². The molecule has 0 aliphatic carbocycles. The number of carbonyl (C=O) groups is 2. The summed E-state index contributed by atoms with van der Waals surface area (Å²) in [6.07, 6.45) is -0.569. The molecule has 2 saturated heterocycles. The van der Waals surface area contributed by atoms with E-state index in [-0.39, 0.29) is 18.1 Å². The van der Waals surface area contributed by atoms with E-state index in [1.54, 1.807) is 18.4 Å². The number of carboxylic acid groups (broad SMARTS) is 1. The normalized spacial score (nSPS) is 24.3. The molecular formula is C17H24F3N3O5S. The summed E-state index contributed by atoms with van der Waals surface area (Å²) in [4.78, 5) is 27.8. The Morgan fingerprint density at radius 1 is 1.41 bits per heavy atom. The van der Waals surface area contributed by atoms with E-state index in [1.807, 2.05) is 11.6 Å². The minimum absolute atomic E-state index is 0.00567. The predicted molar refractivity (Wildman–Crippen MR) is 97.4 cm³/mol. The average molecular weight is 439 g/mol. The lowest BCUT2D eigenvalue weighted by Gasteiger charge is -2.35. The first-order valence-electron chi connectivity index (χ1n) is 9.07. The molecular weight excluding hydrogens is 415 g/mol. The number of halogens is 3. The molecule has 1 aromatic rings. The third-order valence-electron chi connectivity index (χ3n) is 4.62. The summed E-state index contributed by atoms with van der Waals surface area (Å²) in [5.74, 6) is -2.76. The zero-order chi connectivity index (χ0) is 21.4. The van der Waals surface area contributed by atoms with Gasteiger partial charge in [0.2, 0.25) is 5.91 Å². The molecule has 1 aromatic heterocycles. The molecule has 0 spiro atoms. The van der Waals surface area contributed by atoms with Gasteiger partial charge in [0.1, 0.15) is 11.1 Å². The Kier molecular flexibility index (Phi) is 8.80. The van der Waals surface area contributed by atoms with Gasteiger partial charge in [-0.05, 0) is 19.3 Å². The van der Waals surface area contributed by atoms with E-state index in [2.05, 4.69) is 15.2 Å². The number of nitrogens with zero attached hydrogens (tertiary/aromatic N) is 2. The number of methoxy groups -OCH3 is 1. The van der Waals surface area contributed by atoms with Crippen LogP contribution in [0.3, 0.4) is 0 Å². The Morgan fingerprint density at radius 3 is 2.72 bits per heavy atom. The molecule has 3 heterocycles. The Bertz CT molecular complexity index is 659. The van der Waals surface area contributed by atoms with Gasteiger partial charge in [0, 0.05) is 37.8 Å². The van der Waals surface area contributed by atoms with Crippen molar-refractivity contribution in [3.05, 3.63) is 16.6 Å². The predicted octanol–water partition coefficient (Wildman–Crippen LogP) is 1.66. The average Bonchev–Trinajstić information content (AvgIpc) is 3.32. The van der Waals surface area contributed by atoms with E-state index < -0.39 is 12.1 Å². The summed E-state index contributed by atoms with van der Waals surface area (Å²) in [5.41, 5.74) is 0. The third kappa shape index (κ3) is 7.21. The second-order valence-corrected chi connectivity index (χ2v) is 7.56. The molecule has 2 N–H and O–H groups in total. The standard InChI is InChI=1S/C15H23N3O3S.C2HF3O2/c1-20-8-5-17-15(19)13-3-2-11-12(21-13)4-7-18(11)10-14-16-6-9-22-14;3-2(4,5)1(6)7/h6,9,11-13H,2-5,7-8,10H2,1H3,(H,17,19);(H,6,7)/t11-,12-,13+;/m1./s1. The first-order valence-corrected chi connectivity index (χ1v) is 9.95. The highest BCUT2D eigenvalue weighted by atomic mass is 32.1. The molecule has 0 aromatic carbocycles. The maximum Gasteiger partial charge on any atom is 0.490 e. The molecule has 164 valence electrons. The zero-order valence-corrected chi connectivity index (χ0v) is 16.7. The smallest absolute Gasteiger partial charge is 0.475 e. The fourth-order valence-electron chi connectivity index (χ4n) is 3.30. The summed E-state index contributed by atoms with van der Waals surface area (Å²) in [5, 5.41) is 13.2. The van der Waals surface area contributed by atoms with Gasteiger partial charge in [-0.15, -0.1) is 11.3 Å². The largest absolute Gasteiger partial charge is 0.490 e. The van der Waals surface area contributed by atoms with Crippen molar-refractivity contribution >= 4 is 23.2 Å². The lowest BCUT2D eigenvalue weighted by Crippen LogP contribution is -2.48. The van der Waals surface area contributed by atoms with Crippen molar-refractivity contribution < 1.29 is 37.3 Å². The first-order chi connectivity index (χ1) is 13.7. The molecule has 12 heteroatoms. The number of ether oxygens (including phenoxy) is 2. The van der Waals surface area contributed by atoms with Gasteiger partial charge in [0.25, 0.3) is 0 Å². The van der Waals surface area contributed by atoms with E-state index in [9.17, 15) is 18.0 Å². The SMILES string of the molecule is COCCNC(=O)[C@@H]1CC[C@@H]2[C@@H](CCN2Cc2nccs2)O1.O=C(O)C(F)(F)F. The number of aliphatic carboxylic acids is 1.